The molecule has 8 heteroatoms. The fourth-order valence-electron chi connectivity index (χ4n) is 2.19. The van der Waals surface area contributed by atoms with Gasteiger partial charge in [0.1, 0.15) is 5.15 Å². The molecule has 0 bridgehead atoms. The van der Waals surface area contributed by atoms with Crippen molar-refractivity contribution in [2.24, 2.45) is 7.05 Å². The van der Waals surface area contributed by atoms with Gasteiger partial charge in [0.15, 0.2) is 6.61 Å². The van der Waals surface area contributed by atoms with E-state index in [-0.39, 0.29) is 6.42 Å². The summed E-state index contributed by atoms with van der Waals surface area (Å²) in [5, 5.41) is 6.66. The van der Waals surface area contributed by atoms with Crippen molar-refractivity contribution < 1.29 is 19.1 Å². The normalized spacial score (nSPS) is 10.7. The summed E-state index contributed by atoms with van der Waals surface area (Å²) in [4.78, 5) is 35.1. The average Bonchev–Trinajstić information content (AvgIpc) is 2.84. The maximum Gasteiger partial charge on any atom is 0.331 e. The van der Waals surface area contributed by atoms with Crippen molar-refractivity contribution in [2.75, 3.05) is 6.61 Å². The molecule has 1 N–H and O–H groups in total. The summed E-state index contributed by atoms with van der Waals surface area (Å²) in [6, 6.07) is 8.99. The third-order valence-corrected chi connectivity index (χ3v) is 3.86. The van der Waals surface area contributed by atoms with E-state index in [1.54, 1.807) is 38.2 Å². The van der Waals surface area contributed by atoms with Crippen LogP contribution >= 0.6 is 11.6 Å². The van der Waals surface area contributed by atoms with E-state index in [2.05, 4.69) is 10.4 Å². The molecule has 1 aromatic carbocycles. The standard InChI is InChI=1S/C18H18ClN3O4/c1-12-14(18(19)22(2)21-12)8-9-17(25)26-11-16(24)20-15(23)10-13-6-4-3-5-7-13/h3-9H,10-11H2,1-2H3,(H,20,23,24)/b9-8+. The Balaban J connectivity index is 1.78. The molecule has 26 heavy (non-hydrogen) atoms. The van der Waals surface area contributed by atoms with E-state index in [0.717, 1.165) is 11.6 Å². The summed E-state index contributed by atoms with van der Waals surface area (Å²) in [5.41, 5.74) is 2.03. The van der Waals surface area contributed by atoms with Crippen LogP contribution in [0.5, 0.6) is 0 Å². The van der Waals surface area contributed by atoms with Crippen LogP contribution < -0.4 is 5.32 Å². The van der Waals surface area contributed by atoms with Crippen molar-refractivity contribution in [3.63, 3.8) is 0 Å². The highest BCUT2D eigenvalue weighted by atomic mass is 35.5. The van der Waals surface area contributed by atoms with E-state index in [4.69, 9.17) is 16.3 Å². The molecule has 1 aromatic heterocycles. The van der Waals surface area contributed by atoms with E-state index in [0.29, 0.717) is 16.4 Å². The Morgan fingerprint density at radius 3 is 2.54 bits per heavy atom. The predicted octanol–water partition coefficient (Wildman–Crippen LogP) is 1.82. The van der Waals surface area contributed by atoms with Gasteiger partial charge in [0, 0.05) is 18.7 Å². The number of halogens is 1. The zero-order chi connectivity index (χ0) is 19.1. The van der Waals surface area contributed by atoms with Gasteiger partial charge < -0.3 is 4.74 Å². The van der Waals surface area contributed by atoms with Crippen molar-refractivity contribution >= 4 is 35.5 Å². The molecule has 0 saturated heterocycles. The van der Waals surface area contributed by atoms with E-state index in [1.807, 2.05) is 6.07 Å². The van der Waals surface area contributed by atoms with Crippen LogP contribution in [0, 0.1) is 6.92 Å². The molecule has 7 nitrogen and oxygen atoms in total. The number of rotatable bonds is 6. The molecule has 0 atom stereocenters. The minimum atomic E-state index is -0.727. The second-order valence-corrected chi connectivity index (χ2v) is 5.85. The van der Waals surface area contributed by atoms with E-state index in [1.165, 1.54) is 10.8 Å². The topological polar surface area (TPSA) is 90.3 Å². The molecule has 0 radical (unpaired) electrons. The number of hydrogen-bond acceptors (Lipinski definition) is 5. The number of hydrogen-bond donors (Lipinski definition) is 1. The van der Waals surface area contributed by atoms with Gasteiger partial charge in [-0.15, -0.1) is 0 Å². The molecular formula is C18H18ClN3O4. The maximum absolute atomic E-state index is 11.7. The van der Waals surface area contributed by atoms with Gasteiger partial charge in [0.25, 0.3) is 5.91 Å². The lowest BCUT2D eigenvalue weighted by molar-refractivity contribution is -0.145. The summed E-state index contributed by atoms with van der Waals surface area (Å²) < 4.78 is 6.28. The zero-order valence-corrected chi connectivity index (χ0v) is 15.1. The lowest BCUT2D eigenvalue weighted by atomic mass is 10.1. The first-order chi connectivity index (χ1) is 12.4. The maximum atomic E-state index is 11.7. The number of aromatic nitrogens is 2. The molecule has 0 spiro atoms. The number of imide groups is 1. The van der Waals surface area contributed by atoms with Crippen molar-refractivity contribution in [2.45, 2.75) is 13.3 Å². The molecule has 0 saturated carbocycles. The van der Waals surface area contributed by atoms with Crippen LogP contribution in [0.3, 0.4) is 0 Å². The molecule has 0 unspecified atom stereocenters. The SMILES string of the molecule is Cc1nn(C)c(Cl)c1/C=C/C(=O)OCC(=O)NC(=O)Cc1ccccc1. The Bertz CT molecular complexity index is 844. The quantitative estimate of drug-likeness (QED) is 0.614. The van der Waals surface area contributed by atoms with Crippen LogP contribution in [0.2, 0.25) is 5.15 Å². The number of benzene rings is 1. The first-order valence-corrected chi connectivity index (χ1v) is 8.15. The highest BCUT2D eigenvalue weighted by molar-refractivity contribution is 6.31. The van der Waals surface area contributed by atoms with Gasteiger partial charge in [-0.25, -0.2) is 4.79 Å². The Morgan fingerprint density at radius 1 is 1.23 bits per heavy atom. The number of amides is 2. The fraction of sp³-hybridized carbons (Fsp3) is 0.222. The third kappa shape index (κ3) is 5.56. The fourth-order valence-corrected chi connectivity index (χ4v) is 2.43. The Morgan fingerprint density at radius 2 is 1.92 bits per heavy atom. The summed E-state index contributed by atoms with van der Waals surface area (Å²) in [6.07, 6.45) is 2.68. The molecule has 1 heterocycles. The van der Waals surface area contributed by atoms with Crippen LogP contribution in [-0.4, -0.2) is 34.2 Å². The van der Waals surface area contributed by atoms with Crippen molar-refractivity contribution in [1.82, 2.24) is 15.1 Å². The monoisotopic (exact) mass is 375 g/mol. The number of ether oxygens (including phenoxy) is 1. The minimum absolute atomic E-state index is 0.0687. The van der Waals surface area contributed by atoms with E-state index in [9.17, 15) is 14.4 Å². The van der Waals surface area contributed by atoms with E-state index < -0.39 is 24.4 Å². The van der Waals surface area contributed by atoms with Crippen LogP contribution in [0.25, 0.3) is 6.08 Å². The highest BCUT2D eigenvalue weighted by Gasteiger charge is 2.12. The molecular weight excluding hydrogens is 358 g/mol. The first kappa shape index (κ1) is 19.4. The molecule has 0 fully saturated rings. The number of nitrogens with one attached hydrogen (secondary N) is 1. The zero-order valence-electron chi connectivity index (χ0n) is 14.4. The van der Waals surface area contributed by atoms with Crippen LogP contribution in [0.15, 0.2) is 36.4 Å². The number of nitrogens with zero attached hydrogens (tertiary/aromatic N) is 2. The van der Waals surface area contributed by atoms with Gasteiger partial charge >= 0.3 is 5.97 Å². The second-order valence-electron chi connectivity index (χ2n) is 5.49. The average molecular weight is 376 g/mol. The lowest BCUT2D eigenvalue weighted by Gasteiger charge is -2.04. The largest absolute Gasteiger partial charge is 0.452 e. The third-order valence-electron chi connectivity index (χ3n) is 3.41. The first-order valence-electron chi connectivity index (χ1n) is 7.77. The van der Waals surface area contributed by atoms with Crippen LogP contribution in [0.1, 0.15) is 16.8 Å². The van der Waals surface area contributed by atoms with Crippen LogP contribution in [-0.2, 0) is 32.6 Å². The molecule has 0 aliphatic carbocycles. The summed E-state index contributed by atoms with van der Waals surface area (Å²) >= 11 is 6.04. The summed E-state index contributed by atoms with van der Waals surface area (Å²) in [7, 11) is 1.68. The Kier molecular flexibility index (Phi) is 6.68. The number of esters is 1. The number of carbonyl (C=O) groups is 3. The van der Waals surface area contributed by atoms with Crippen molar-refractivity contribution in [3.8, 4) is 0 Å². The van der Waals surface area contributed by atoms with E-state index >= 15 is 0 Å². The van der Waals surface area contributed by atoms with Gasteiger partial charge in [0.2, 0.25) is 5.91 Å². The van der Waals surface area contributed by atoms with Gasteiger partial charge in [-0.1, -0.05) is 41.9 Å². The Hall–Kier alpha value is -2.93. The smallest absolute Gasteiger partial charge is 0.331 e. The Labute approximate surface area is 155 Å². The van der Waals surface area contributed by atoms with Gasteiger partial charge in [-0.3, -0.25) is 19.6 Å². The minimum Gasteiger partial charge on any atom is -0.452 e. The van der Waals surface area contributed by atoms with Crippen molar-refractivity contribution in [1.29, 1.82) is 0 Å². The highest BCUT2D eigenvalue weighted by Crippen LogP contribution is 2.19. The molecule has 2 aromatic rings. The molecule has 0 aliphatic rings. The molecule has 136 valence electrons. The summed E-state index contributed by atoms with van der Waals surface area (Å²) in [6.45, 7) is 1.20. The van der Waals surface area contributed by atoms with Gasteiger partial charge in [0.05, 0.1) is 12.1 Å². The molecule has 2 amide bonds. The number of carbonyl (C=O) groups excluding carboxylic acids is 3. The second kappa shape index (κ2) is 8.96. The number of aryl methyl sites for hydroxylation is 2. The lowest BCUT2D eigenvalue weighted by Crippen LogP contribution is -2.35. The molecule has 2 rings (SSSR count). The predicted molar refractivity (Wildman–Crippen MR) is 96.2 cm³/mol. The van der Waals surface area contributed by atoms with Crippen LogP contribution in [0.4, 0.5) is 0 Å². The molecule has 0 aliphatic heterocycles. The van der Waals surface area contributed by atoms with Crippen molar-refractivity contribution in [3.05, 3.63) is 58.4 Å². The van der Waals surface area contributed by atoms with Gasteiger partial charge in [-0.2, -0.15) is 5.10 Å². The summed E-state index contributed by atoms with van der Waals surface area (Å²) in [5.74, 6) is -1.89. The van der Waals surface area contributed by atoms with Gasteiger partial charge in [-0.05, 0) is 18.6 Å².